The number of hydrogen-bond donors (Lipinski definition) is 2. The standard InChI is InChI=1S/C12H12BrN5O/c1-2-14-8-3-4-9(15-5-8)12(19)18-11-7-16-10(13)6-17-11/h3-7,14H,2H2,1H3,(H,17,18,19). The molecule has 0 spiro atoms. The van der Waals surface area contributed by atoms with Gasteiger partial charge in [-0.3, -0.25) is 4.79 Å². The van der Waals surface area contributed by atoms with Crippen molar-refractivity contribution in [2.45, 2.75) is 6.92 Å². The van der Waals surface area contributed by atoms with E-state index in [0.29, 0.717) is 16.1 Å². The van der Waals surface area contributed by atoms with Gasteiger partial charge in [-0.1, -0.05) is 0 Å². The van der Waals surface area contributed by atoms with Gasteiger partial charge < -0.3 is 10.6 Å². The summed E-state index contributed by atoms with van der Waals surface area (Å²) >= 11 is 3.17. The van der Waals surface area contributed by atoms with E-state index in [1.54, 1.807) is 18.3 Å². The fourth-order valence-electron chi connectivity index (χ4n) is 1.39. The lowest BCUT2D eigenvalue weighted by atomic mass is 10.3. The average molecular weight is 322 g/mol. The quantitative estimate of drug-likeness (QED) is 0.903. The highest BCUT2D eigenvalue weighted by Gasteiger charge is 2.08. The van der Waals surface area contributed by atoms with E-state index in [2.05, 4.69) is 41.5 Å². The molecule has 0 bridgehead atoms. The molecule has 0 saturated carbocycles. The monoisotopic (exact) mass is 321 g/mol. The Morgan fingerprint density at radius 3 is 2.63 bits per heavy atom. The summed E-state index contributed by atoms with van der Waals surface area (Å²) in [6.07, 6.45) is 4.60. The first kappa shape index (κ1) is 13.4. The molecule has 98 valence electrons. The molecule has 0 aromatic carbocycles. The Bertz CT molecular complexity index is 555. The van der Waals surface area contributed by atoms with E-state index in [0.717, 1.165) is 12.2 Å². The zero-order valence-corrected chi connectivity index (χ0v) is 11.8. The SMILES string of the molecule is CCNc1ccc(C(=O)Nc2cnc(Br)cn2)nc1. The van der Waals surface area contributed by atoms with E-state index < -0.39 is 0 Å². The Morgan fingerprint density at radius 2 is 2.05 bits per heavy atom. The molecule has 0 saturated heterocycles. The Balaban J connectivity index is 2.05. The number of rotatable bonds is 4. The highest BCUT2D eigenvalue weighted by molar-refractivity contribution is 9.10. The summed E-state index contributed by atoms with van der Waals surface area (Å²) < 4.78 is 0.610. The number of anilines is 2. The lowest BCUT2D eigenvalue weighted by Gasteiger charge is -2.05. The number of aromatic nitrogens is 3. The summed E-state index contributed by atoms with van der Waals surface area (Å²) in [5.74, 6) is 0.0606. The highest BCUT2D eigenvalue weighted by Crippen LogP contribution is 2.09. The van der Waals surface area contributed by atoms with Crippen LogP contribution in [0.5, 0.6) is 0 Å². The van der Waals surface area contributed by atoms with Crippen molar-refractivity contribution in [3.05, 3.63) is 41.0 Å². The van der Waals surface area contributed by atoms with Crippen LogP contribution in [0.2, 0.25) is 0 Å². The summed E-state index contributed by atoms with van der Waals surface area (Å²) in [7, 11) is 0. The number of hydrogen-bond acceptors (Lipinski definition) is 5. The largest absolute Gasteiger partial charge is 0.384 e. The van der Waals surface area contributed by atoms with E-state index in [9.17, 15) is 4.79 Å². The van der Waals surface area contributed by atoms with E-state index in [1.165, 1.54) is 12.4 Å². The molecule has 0 unspecified atom stereocenters. The molecule has 0 aliphatic heterocycles. The molecule has 0 aliphatic rings. The lowest BCUT2D eigenvalue weighted by molar-refractivity contribution is 0.102. The van der Waals surface area contributed by atoms with Gasteiger partial charge in [0.05, 0.1) is 24.3 Å². The summed E-state index contributed by atoms with van der Waals surface area (Å²) in [5, 5.41) is 5.73. The van der Waals surface area contributed by atoms with Crippen molar-refractivity contribution in [1.29, 1.82) is 0 Å². The second kappa shape index (κ2) is 6.24. The van der Waals surface area contributed by atoms with E-state index in [1.807, 2.05) is 6.92 Å². The number of carbonyl (C=O) groups is 1. The van der Waals surface area contributed by atoms with Crippen LogP contribution in [-0.2, 0) is 0 Å². The third-order valence-corrected chi connectivity index (χ3v) is 2.65. The minimum atomic E-state index is -0.320. The molecule has 2 heterocycles. The maximum atomic E-state index is 11.9. The molecule has 2 N–H and O–H groups in total. The number of amides is 1. The van der Waals surface area contributed by atoms with Crippen LogP contribution >= 0.6 is 15.9 Å². The van der Waals surface area contributed by atoms with E-state index in [-0.39, 0.29) is 5.91 Å². The molecule has 2 aromatic rings. The molecule has 19 heavy (non-hydrogen) atoms. The molecular weight excluding hydrogens is 310 g/mol. The highest BCUT2D eigenvalue weighted by atomic mass is 79.9. The first-order valence-electron chi connectivity index (χ1n) is 5.68. The number of nitrogens with zero attached hydrogens (tertiary/aromatic N) is 3. The smallest absolute Gasteiger partial charge is 0.275 e. The van der Waals surface area contributed by atoms with Gasteiger partial charge >= 0.3 is 0 Å². The molecule has 6 nitrogen and oxygen atoms in total. The van der Waals surface area contributed by atoms with Gasteiger partial charge in [0.15, 0.2) is 5.82 Å². The first-order chi connectivity index (χ1) is 9.19. The Hall–Kier alpha value is -2.02. The van der Waals surface area contributed by atoms with Gasteiger partial charge in [-0.25, -0.2) is 15.0 Å². The van der Waals surface area contributed by atoms with Crippen LogP contribution in [0.3, 0.4) is 0 Å². The molecular formula is C12H12BrN5O. The Kier molecular flexibility index (Phi) is 4.40. The second-order valence-corrected chi connectivity index (χ2v) is 4.45. The van der Waals surface area contributed by atoms with E-state index in [4.69, 9.17) is 0 Å². The third-order valence-electron chi connectivity index (χ3n) is 2.24. The number of halogens is 1. The molecule has 0 atom stereocenters. The molecule has 7 heteroatoms. The van der Waals surface area contributed by atoms with Crippen LogP contribution in [0.15, 0.2) is 35.3 Å². The Morgan fingerprint density at radius 1 is 1.21 bits per heavy atom. The minimum absolute atomic E-state index is 0.320. The number of nitrogens with one attached hydrogen (secondary N) is 2. The van der Waals surface area contributed by atoms with Crippen LogP contribution < -0.4 is 10.6 Å². The van der Waals surface area contributed by atoms with Crippen molar-refractivity contribution in [2.75, 3.05) is 17.2 Å². The van der Waals surface area contributed by atoms with Crippen LogP contribution in [0.1, 0.15) is 17.4 Å². The maximum Gasteiger partial charge on any atom is 0.275 e. The van der Waals surface area contributed by atoms with Crippen LogP contribution in [0.25, 0.3) is 0 Å². The van der Waals surface area contributed by atoms with Crippen LogP contribution in [-0.4, -0.2) is 27.4 Å². The molecule has 0 aliphatic carbocycles. The van der Waals surface area contributed by atoms with Gasteiger partial charge in [0.1, 0.15) is 10.3 Å². The third kappa shape index (κ3) is 3.72. The summed E-state index contributed by atoms with van der Waals surface area (Å²) in [4.78, 5) is 24.0. The lowest BCUT2D eigenvalue weighted by Crippen LogP contribution is -2.14. The van der Waals surface area contributed by atoms with E-state index >= 15 is 0 Å². The van der Waals surface area contributed by atoms with Gasteiger partial charge in [-0.05, 0) is 35.0 Å². The minimum Gasteiger partial charge on any atom is -0.384 e. The van der Waals surface area contributed by atoms with Gasteiger partial charge in [-0.2, -0.15) is 0 Å². The average Bonchev–Trinajstić information content (AvgIpc) is 2.42. The number of carbonyl (C=O) groups excluding carboxylic acids is 1. The predicted octanol–water partition coefficient (Wildman–Crippen LogP) is 2.32. The summed E-state index contributed by atoms with van der Waals surface area (Å²) in [6.45, 7) is 2.80. The summed E-state index contributed by atoms with van der Waals surface area (Å²) in [5.41, 5.74) is 1.20. The fraction of sp³-hybridized carbons (Fsp3) is 0.167. The van der Waals surface area contributed by atoms with Crippen LogP contribution in [0, 0.1) is 0 Å². The van der Waals surface area contributed by atoms with Crippen molar-refractivity contribution >= 4 is 33.3 Å². The van der Waals surface area contributed by atoms with Gasteiger partial charge in [-0.15, -0.1) is 0 Å². The van der Waals surface area contributed by atoms with Crippen molar-refractivity contribution in [2.24, 2.45) is 0 Å². The molecule has 0 radical (unpaired) electrons. The molecule has 2 rings (SSSR count). The molecule has 2 aromatic heterocycles. The first-order valence-corrected chi connectivity index (χ1v) is 6.47. The summed E-state index contributed by atoms with van der Waals surface area (Å²) in [6, 6.07) is 3.46. The number of pyridine rings is 1. The molecule has 1 amide bonds. The van der Waals surface area contributed by atoms with Crippen molar-refractivity contribution < 1.29 is 4.79 Å². The van der Waals surface area contributed by atoms with Gasteiger partial charge in [0, 0.05) is 6.54 Å². The Labute approximate surface area is 118 Å². The van der Waals surface area contributed by atoms with Crippen molar-refractivity contribution in [1.82, 2.24) is 15.0 Å². The zero-order valence-electron chi connectivity index (χ0n) is 10.2. The topological polar surface area (TPSA) is 79.8 Å². The fourth-order valence-corrected chi connectivity index (χ4v) is 1.60. The van der Waals surface area contributed by atoms with Gasteiger partial charge in [0.2, 0.25) is 0 Å². The van der Waals surface area contributed by atoms with Crippen molar-refractivity contribution in [3.63, 3.8) is 0 Å². The van der Waals surface area contributed by atoms with Gasteiger partial charge in [0.25, 0.3) is 5.91 Å². The zero-order chi connectivity index (χ0) is 13.7. The second-order valence-electron chi connectivity index (χ2n) is 3.64. The maximum absolute atomic E-state index is 11.9. The van der Waals surface area contributed by atoms with Crippen LogP contribution in [0.4, 0.5) is 11.5 Å². The molecule has 0 fully saturated rings. The normalized spacial score (nSPS) is 10.0. The van der Waals surface area contributed by atoms with Crippen molar-refractivity contribution in [3.8, 4) is 0 Å². The predicted molar refractivity (Wildman–Crippen MR) is 76.1 cm³/mol.